The summed E-state index contributed by atoms with van der Waals surface area (Å²) in [5, 5.41) is 3.00. The van der Waals surface area contributed by atoms with Crippen LogP contribution in [0.3, 0.4) is 0 Å². The normalized spacial score (nSPS) is 15.8. The molecule has 5 nitrogen and oxygen atoms in total. The summed E-state index contributed by atoms with van der Waals surface area (Å²) in [7, 11) is 1.62. The zero-order valence-corrected chi connectivity index (χ0v) is 16.1. The van der Waals surface area contributed by atoms with Crippen LogP contribution < -0.4 is 10.1 Å². The Labute approximate surface area is 160 Å². The number of ether oxygens (including phenoxy) is 1. The van der Waals surface area contributed by atoms with Gasteiger partial charge < -0.3 is 15.0 Å². The monoisotopic (exact) mass is 366 g/mol. The molecule has 1 heterocycles. The molecule has 3 rings (SSSR count). The second-order valence-electron chi connectivity index (χ2n) is 7.24. The van der Waals surface area contributed by atoms with Crippen molar-refractivity contribution in [2.24, 2.45) is 5.92 Å². The lowest BCUT2D eigenvalue weighted by molar-refractivity contribution is -0.125. The Morgan fingerprint density at radius 1 is 1.15 bits per heavy atom. The molecule has 142 valence electrons. The van der Waals surface area contributed by atoms with Crippen molar-refractivity contribution in [3.8, 4) is 5.75 Å². The molecule has 0 aliphatic carbocycles. The summed E-state index contributed by atoms with van der Waals surface area (Å²) in [5.41, 5.74) is 2.34. The van der Waals surface area contributed by atoms with Crippen LogP contribution in [0.2, 0.25) is 0 Å². The first-order chi connectivity index (χ1) is 13.0. The van der Waals surface area contributed by atoms with Crippen molar-refractivity contribution in [2.45, 2.75) is 32.9 Å². The van der Waals surface area contributed by atoms with Gasteiger partial charge in [0, 0.05) is 18.7 Å². The topological polar surface area (TPSA) is 58.6 Å². The highest BCUT2D eigenvalue weighted by atomic mass is 16.5. The van der Waals surface area contributed by atoms with E-state index in [4.69, 9.17) is 4.74 Å². The van der Waals surface area contributed by atoms with E-state index in [1.165, 1.54) is 0 Å². The summed E-state index contributed by atoms with van der Waals surface area (Å²) in [6.07, 6.45) is 0.909. The van der Waals surface area contributed by atoms with Crippen molar-refractivity contribution in [1.29, 1.82) is 0 Å². The Balaban J connectivity index is 1.83. The number of nitrogens with one attached hydrogen (secondary N) is 1. The van der Waals surface area contributed by atoms with Gasteiger partial charge in [0.05, 0.1) is 7.11 Å². The van der Waals surface area contributed by atoms with Gasteiger partial charge in [0.2, 0.25) is 5.91 Å². The molecule has 1 N–H and O–H groups in total. The van der Waals surface area contributed by atoms with Gasteiger partial charge in [0.15, 0.2) is 0 Å². The quantitative estimate of drug-likeness (QED) is 0.815. The van der Waals surface area contributed by atoms with E-state index in [0.29, 0.717) is 24.6 Å². The number of rotatable bonds is 7. The number of amides is 2. The van der Waals surface area contributed by atoms with Gasteiger partial charge in [-0.15, -0.1) is 0 Å². The van der Waals surface area contributed by atoms with E-state index in [1.807, 2.05) is 42.5 Å². The Morgan fingerprint density at radius 2 is 1.85 bits per heavy atom. The minimum Gasteiger partial charge on any atom is -0.497 e. The number of carbonyl (C=O) groups excluding carboxylic acids is 2. The van der Waals surface area contributed by atoms with Crippen LogP contribution in [-0.2, 0) is 11.3 Å². The maximum absolute atomic E-state index is 12.9. The van der Waals surface area contributed by atoms with E-state index < -0.39 is 6.04 Å². The van der Waals surface area contributed by atoms with E-state index in [-0.39, 0.29) is 11.8 Å². The molecule has 0 spiro atoms. The highest BCUT2D eigenvalue weighted by molar-refractivity contribution is 6.04. The van der Waals surface area contributed by atoms with Crippen LogP contribution in [0.15, 0.2) is 48.5 Å². The number of hydrogen-bond donors (Lipinski definition) is 1. The fraction of sp³-hybridized carbons (Fsp3) is 0.364. The van der Waals surface area contributed by atoms with Crippen molar-refractivity contribution >= 4 is 11.8 Å². The van der Waals surface area contributed by atoms with Crippen molar-refractivity contribution in [1.82, 2.24) is 10.2 Å². The average Bonchev–Trinajstić information content (AvgIpc) is 2.94. The molecule has 1 aliphatic rings. The number of carbonyl (C=O) groups is 2. The lowest BCUT2D eigenvalue weighted by atomic mass is 10.0. The average molecular weight is 366 g/mol. The summed E-state index contributed by atoms with van der Waals surface area (Å²) in [5.74, 6) is 1.05. The van der Waals surface area contributed by atoms with Crippen molar-refractivity contribution in [3.05, 3.63) is 65.2 Å². The van der Waals surface area contributed by atoms with Crippen molar-refractivity contribution in [2.75, 3.05) is 13.7 Å². The molecule has 2 amide bonds. The highest BCUT2D eigenvalue weighted by Crippen LogP contribution is 2.35. The molecule has 5 heteroatoms. The van der Waals surface area contributed by atoms with Gasteiger partial charge in [-0.1, -0.05) is 44.2 Å². The van der Waals surface area contributed by atoms with Crippen LogP contribution in [0.25, 0.3) is 0 Å². The largest absolute Gasteiger partial charge is 0.497 e. The van der Waals surface area contributed by atoms with Crippen LogP contribution in [0.1, 0.15) is 47.8 Å². The summed E-state index contributed by atoms with van der Waals surface area (Å²) < 4.78 is 5.19. The number of benzene rings is 2. The fourth-order valence-electron chi connectivity index (χ4n) is 3.32. The first kappa shape index (κ1) is 19.0. The summed E-state index contributed by atoms with van der Waals surface area (Å²) in [4.78, 5) is 27.5. The van der Waals surface area contributed by atoms with Gasteiger partial charge in [-0.3, -0.25) is 9.59 Å². The zero-order valence-electron chi connectivity index (χ0n) is 16.1. The number of nitrogens with zero attached hydrogens (tertiary/aromatic N) is 1. The summed E-state index contributed by atoms with van der Waals surface area (Å²) in [6, 6.07) is 14.3. The van der Waals surface area contributed by atoms with Crippen LogP contribution in [0.4, 0.5) is 0 Å². The Hall–Kier alpha value is -2.82. The molecular weight excluding hydrogens is 340 g/mol. The predicted octanol–water partition coefficient (Wildman–Crippen LogP) is 3.55. The molecule has 0 fully saturated rings. The van der Waals surface area contributed by atoms with E-state index in [0.717, 1.165) is 23.3 Å². The lowest BCUT2D eigenvalue weighted by Gasteiger charge is -2.25. The van der Waals surface area contributed by atoms with Gasteiger partial charge in [0.25, 0.3) is 5.91 Å². The molecule has 0 saturated carbocycles. The summed E-state index contributed by atoms with van der Waals surface area (Å²) in [6.45, 7) is 5.23. The molecule has 2 aromatic rings. The van der Waals surface area contributed by atoms with Crippen molar-refractivity contribution in [3.63, 3.8) is 0 Å². The zero-order chi connectivity index (χ0) is 19.4. The molecule has 0 radical (unpaired) electrons. The second-order valence-corrected chi connectivity index (χ2v) is 7.24. The van der Waals surface area contributed by atoms with Gasteiger partial charge in [0.1, 0.15) is 11.8 Å². The number of hydrogen-bond acceptors (Lipinski definition) is 3. The van der Waals surface area contributed by atoms with Crippen molar-refractivity contribution < 1.29 is 14.3 Å². The minimum atomic E-state index is -0.594. The van der Waals surface area contributed by atoms with Crippen LogP contribution in [0, 0.1) is 5.92 Å². The Morgan fingerprint density at radius 3 is 2.52 bits per heavy atom. The number of methoxy groups -OCH3 is 1. The second kappa shape index (κ2) is 8.25. The molecule has 1 unspecified atom stereocenters. The molecule has 0 bridgehead atoms. The molecule has 1 atom stereocenters. The number of fused-ring (bicyclic) bond motifs is 1. The Bertz CT molecular complexity index is 815. The van der Waals surface area contributed by atoms with E-state index in [1.54, 1.807) is 18.1 Å². The van der Waals surface area contributed by atoms with Crippen LogP contribution >= 0.6 is 0 Å². The van der Waals surface area contributed by atoms with E-state index >= 15 is 0 Å². The molecular formula is C22H26N2O3. The SMILES string of the molecule is COc1ccc(CN2C(=O)c3ccccc3C2C(=O)NCCC(C)C)cc1. The fourth-order valence-corrected chi connectivity index (χ4v) is 3.32. The smallest absolute Gasteiger partial charge is 0.255 e. The van der Waals surface area contributed by atoms with E-state index in [9.17, 15) is 9.59 Å². The third-order valence-electron chi connectivity index (χ3n) is 4.84. The molecule has 27 heavy (non-hydrogen) atoms. The van der Waals surface area contributed by atoms with E-state index in [2.05, 4.69) is 19.2 Å². The van der Waals surface area contributed by atoms with Gasteiger partial charge in [-0.05, 0) is 41.7 Å². The minimum absolute atomic E-state index is 0.106. The standard InChI is InChI=1S/C22H26N2O3/c1-15(2)12-13-23-21(25)20-18-6-4-5-7-19(18)22(26)24(20)14-16-8-10-17(27-3)11-9-16/h4-11,15,20H,12-14H2,1-3H3,(H,23,25). The van der Waals surface area contributed by atoms with Gasteiger partial charge in [-0.2, -0.15) is 0 Å². The van der Waals surface area contributed by atoms with Gasteiger partial charge >= 0.3 is 0 Å². The molecule has 1 aliphatic heterocycles. The maximum atomic E-state index is 12.9. The lowest BCUT2D eigenvalue weighted by Crippen LogP contribution is -2.39. The van der Waals surface area contributed by atoms with Crippen LogP contribution in [0.5, 0.6) is 5.75 Å². The first-order valence-corrected chi connectivity index (χ1v) is 9.31. The molecule has 2 aromatic carbocycles. The Kier molecular flexibility index (Phi) is 5.79. The third kappa shape index (κ3) is 4.13. The van der Waals surface area contributed by atoms with Crippen LogP contribution in [-0.4, -0.2) is 30.4 Å². The predicted molar refractivity (Wildman–Crippen MR) is 105 cm³/mol. The first-order valence-electron chi connectivity index (χ1n) is 9.31. The summed E-state index contributed by atoms with van der Waals surface area (Å²) >= 11 is 0. The molecule has 0 saturated heterocycles. The third-order valence-corrected chi connectivity index (χ3v) is 4.84. The van der Waals surface area contributed by atoms with Gasteiger partial charge in [-0.25, -0.2) is 0 Å². The molecule has 0 aromatic heterocycles. The highest BCUT2D eigenvalue weighted by Gasteiger charge is 2.40. The maximum Gasteiger partial charge on any atom is 0.255 e.